The van der Waals surface area contributed by atoms with Crippen molar-refractivity contribution in [2.75, 3.05) is 31.1 Å². The van der Waals surface area contributed by atoms with Crippen LogP contribution in [0.3, 0.4) is 0 Å². The fourth-order valence-corrected chi connectivity index (χ4v) is 3.02. The molecule has 0 radical (unpaired) electrons. The van der Waals surface area contributed by atoms with Crippen LogP contribution >= 0.6 is 0 Å². The Hall–Kier alpha value is -1.96. The molecule has 0 aliphatic carbocycles. The van der Waals surface area contributed by atoms with E-state index in [0.717, 1.165) is 13.1 Å². The van der Waals surface area contributed by atoms with Crippen molar-refractivity contribution in [3.63, 3.8) is 0 Å². The quantitative estimate of drug-likeness (QED) is 0.772. The molecule has 20 heavy (non-hydrogen) atoms. The highest BCUT2D eigenvalue weighted by molar-refractivity contribution is 5.45. The molecule has 0 atom stereocenters. The Morgan fingerprint density at radius 3 is 2.70 bits per heavy atom. The van der Waals surface area contributed by atoms with Gasteiger partial charge in [-0.05, 0) is 12.8 Å². The summed E-state index contributed by atoms with van der Waals surface area (Å²) in [5.74, 6) is 0.437. The van der Waals surface area contributed by atoms with Crippen LogP contribution in [0.15, 0.2) is 10.6 Å². The molecule has 3 aliphatic rings. The lowest BCUT2D eigenvalue weighted by molar-refractivity contribution is 0.249. The average molecular weight is 275 g/mol. The summed E-state index contributed by atoms with van der Waals surface area (Å²) in [6, 6.07) is 1.13. The first-order valence-corrected chi connectivity index (χ1v) is 6.99. The maximum Gasteiger partial charge on any atom is 0.318 e. The maximum absolute atomic E-state index is 5.80. The van der Waals surface area contributed by atoms with Crippen LogP contribution in [-0.2, 0) is 7.05 Å². The summed E-state index contributed by atoms with van der Waals surface area (Å²) in [4.78, 5) is 4.75. The highest BCUT2D eigenvalue weighted by Crippen LogP contribution is 2.27. The molecule has 2 bridgehead atoms. The lowest BCUT2D eigenvalue weighted by Crippen LogP contribution is -2.38. The molecule has 0 saturated carbocycles. The van der Waals surface area contributed by atoms with Gasteiger partial charge in [-0.15, -0.1) is 10.2 Å². The highest BCUT2D eigenvalue weighted by atomic mass is 16.4. The van der Waals surface area contributed by atoms with Crippen molar-refractivity contribution in [3.05, 3.63) is 6.20 Å². The summed E-state index contributed by atoms with van der Waals surface area (Å²) in [6.07, 6.45) is 4.11. The molecular formula is C12H17N7O. The van der Waals surface area contributed by atoms with Crippen LogP contribution in [0.4, 0.5) is 6.01 Å². The van der Waals surface area contributed by atoms with Crippen molar-refractivity contribution in [2.45, 2.75) is 18.9 Å². The molecule has 0 N–H and O–H groups in total. The first-order valence-electron chi connectivity index (χ1n) is 6.99. The van der Waals surface area contributed by atoms with E-state index >= 15 is 0 Å². The van der Waals surface area contributed by atoms with E-state index in [9.17, 15) is 0 Å². The van der Waals surface area contributed by atoms with Crippen molar-refractivity contribution in [1.82, 2.24) is 30.1 Å². The van der Waals surface area contributed by atoms with Gasteiger partial charge in [-0.1, -0.05) is 10.3 Å². The third-order valence-corrected chi connectivity index (χ3v) is 4.14. The Morgan fingerprint density at radius 2 is 1.95 bits per heavy atom. The van der Waals surface area contributed by atoms with E-state index in [1.165, 1.54) is 25.9 Å². The number of fused-ring (bicyclic) bond motifs is 4. The first kappa shape index (κ1) is 11.8. The van der Waals surface area contributed by atoms with Crippen molar-refractivity contribution in [2.24, 2.45) is 7.05 Å². The summed E-state index contributed by atoms with van der Waals surface area (Å²) >= 11 is 0. The molecular weight excluding hydrogens is 258 g/mol. The van der Waals surface area contributed by atoms with Gasteiger partial charge in [0.05, 0.1) is 6.20 Å². The SMILES string of the molecule is Cn1cc(-c2nnc(N3CCN4CCC3CC4)o2)nn1. The summed E-state index contributed by atoms with van der Waals surface area (Å²) < 4.78 is 7.42. The van der Waals surface area contributed by atoms with Crippen molar-refractivity contribution in [1.29, 1.82) is 0 Å². The minimum absolute atomic E-state index is 0.437. The summed E-state index contributed by atoms with van der Waals surface area (Å²) in [7, 11) is 1.82. The molecule has 3 aliphatic heterocycles. The molecule has 106 valence electrons. The minimum atomic E-state index is 0.437. The number of anilines is 1. The van der Waals surface area contributed by atoms with E-state index in [4.69, 9.17) is 4.42 Å². The Balaban J connectivity index is 1.61. The van der Waals surface area contributed by atoms with E-state index in [-0.39, 0.29) is 0 Å². The van der Waals surface area contributed by atoms with Gasteiger partial charge in [-0.25, -0.2) is 0 Å². The van der Waals surface area contributed by atoms with Gasteiger partial charge in [0.25, 0.3) is 5.89 Å². The van der Waals surface area contributed by atoms with Gasteiger partial charge < -0.3 is 14.2 Å². The van der Waals surface area contributed by atoms with Crippen molar-refractivity contribution in [3.8, 4) is 11.6 Å². The average Bonchev–Trinajstić information content (AvgIpc) is 3.01. The third kappa shape index (κ3) is 1.96. The number of piperidine rings is 1. The smallest absolute Gasteiger partial charge is 0.318 e. The van der Waals surface area contributed by atoms with Crippen LogP contribution in [0, 0.1) is 0 Å². The maximum atomic E-state index is 5.80. The second-order valence-electron chi connectivity index (χ2n) is 5.43. The summed E-state index contributed by atoms with van der Waals surface area (Å²) in [5.41, 5.74) is 0.620. The molecule has 0 unspecified atom stereocenters. The van der Waals surface area contributed by atoms with Crippen molar-refractivity contribution < 1.29 is 4.42 Å². The minimum Gasteiger partial charge on any atom is -0.401 e. The van der Waals surface area contributed by atoms with Crippen LogP contribution in [-0.4, -0.2) is 62.3 Å². The zero-order chi connectivity index (χ0) is 13.5. The first-order chi connectivity index (χ1) is 9.79. The number of aryl methyl sites for hydroxylation is 1. The molecule has 2 aromatic rings. The molecule has 0 aromatic carbocycles. The molecule has 8 nitrogen and oxygen atoms in total. The van der Waals surface area contributed by atoms with E-state index < -0.39 is 0 Å². The molecule has 5 heterocycles. The highest BCUT2D eigenvalue weighted by Gasteiger charge is 2.32. The summed E-state index contributed by atoms with van der Waals surface area (Å²) in [5, 5.41) is 16.2. The van der Waals surface area contributed by atoms with Gasteiger partial charge in [0.2, 0.25) is 0 Å². The standard InChI is InChI=1S/C12H17N7O/c1-17-8-10(13-16-17)11-14-15-12(20-11)19-7-6-18-4-2-9(19)3-5-18/h8-9H,2-7H2,1H3. The Kier molecular flexibility index (Phi) is 2.69. The van der Waals surface area contributed by atoms with Crippen LogP contribution in [0.2, 0.25) is 0 Å². The third-order valence-electron chi connectivity index (χ3n) is 4.14. The van der Waals surface area contributed by atoms with Gasteiger partial charge in [0, 0.05) is 39.3 Å². The zero-order valence-electron chi connectivity index (χ0n) is 11.4. The summed E-state index contributed by atoms with van der Waals surface area (Å²) in [6.45, 7) is 4.37. The fraction of sp³-hybridized carbons (Fsp3) is 0.667. The van der Waals surface area contributed by atoms with Gasteiger partial charge >= 0.3 is 6.01 Å². The van der Waals surface area contributed by atoms with Crippen LogP contribution in [0.1, 0.15) is 12.8 Å². The molecule has 0 amide bonds. The second kappa shape index (κ2) is 4.55. The van der Waals surface area contributed by atoms with E-state index in [2.05, 4.69) is 30.3 Å². The van der Waals surface area contributed by atoms with Gasteiger partial charge in [-0.3, -0.25) is 4.68 Å². The van der Waals surface area contributed by atoms with Crippen LogP contribution in [0.5, 0.6) is 0 Å². The van der Waals surface area contributed by atoms with E-state index in [1.807, 2.05) is 7.05 Å². The number of nitrogens with zero attached hydrogens (tertiary/aromatic N) is 7. The zero-order valence-corrected chi connectivity index (χ0v) is 11.4. The Labute approximate surface area is 116 Å². The van der Waals surface area contributed by atoms with Gasteiger partial charge in [-0.2, -0.15) is 0 Å². The van der Waals surface area contributed by atoms with Crippen LogP contribution in [0.25, 0.3) is 11.6 Å². The lowest BCUT2D eigenvalue weighted by atomic mass is 10.1. The number of aromatic nitrogens is 5. The monoisotopic (exact) mass is 275 g/mol. The molecule has 3 saturated heterocycles. The largest absolute Gasteiger partial charge is 0.401 e. The topological polar surface area (TPSA) is 76.1 Å². The van der Waals surface area contributed by atoms with Crippen molar-refractivity contribution >= 4 is 6.01 Å². The van der Waals surface area contributed by atoms with E-state index in [1.54, 1.807) is 10.9 Å². The number of hydrogen-bond donors (Lipinski definition) is 0. The fourth-order valence-electron chi connectivity index (χ4n) is 3.02. The molecule has 3 fully saturated rings. The molecule has 2 aromatic heterocycles. The number of rotatable bonds is 2. The lowest BCUT2D eigenvalue weighted by Gasteiger charge is -2.29. The van der Waals surface area contributed by atoms with Gasteiger partial charge in [0.15, 0.2) is 5.69 Å². The second-order valence-corrected chi connectivity index (χ2v) is 5.43. The normalized spacial score (nSPS) is 25.9. The van der Waals surface area contributed by atoms with Gasteiger partial charge in [0.1, 0.15) is 0 Å². The molecule has 0 spiro atoms. The Bertz CT molecular complexity index is 598. The predicted octanol–water partition coefficient (Wildman–Crippen LogP) is 0.149. The Morgan fingerprint density at radius 1 is 1.10 bits per heavy atom. The molecule has 8 heteroatoms. The number of hydrogen-bond acceptors (Lipinski definition) is 7. The predicted molar refractivity (Wildman–Crippen MR) is 71.1 cm³/mol. The molecule has 5 rings (SSSR count). The van der Waals surface area contributed by atoms with Crippen LogP contribution < -0.4 is 4.90 Å². The van der Waals surface area contributed by atoms with E-state index in [0.29, 0.717) is 23.6 Å².